The Morgan fingerprint density at radius 1 is 0.895 bits per heavy atom. The normalized spacial score (nSPS) is 10.4. The number of nitrogens with zero attached hydrogens (tertiary/aromatic N) is 1. The van der Waals surface area contributed by atoms with Gasteiger partial charge in [0, 0.05) is 18.0 Å². The highest BCUT2D eigenvalue weighted by Crippen LogP contribution is 2.30. The molecule has 0 saturated heterocycles. The van der Waals surface area contributed by atoms with Crippen LogP contribution in [-0.4, -0.2) is 4.98 Å². The minimum Gasteiger partial charge on any atom is -0.264 e. The van der Waals surface area contributed by atoms with E-state index in [2.05, 4.69) is 54.4 Å². The molecule has 19 heavy (non-hydrogen) atoms. The Morgan fingerprint density at radius 2 is 1.68 bits per heavy atom. The Hall–Kier alpha value is -2.41. The van der Waals surface area contributed by atoms with Crippen LogP contribution in [0.2, 0.25) is 0 Å². The first kappa shape index (κ1) is 11.7. The number of hydrogen-bond acceptors (Lipinski definition) is 1. The maximum absolute atomic E-state index is 4.19. The van der Waals surface area contributed by atoms with Crippen LogP contribution in [-0.2, 0) is 0 Å². The summed E-state index contributed by atoms with van der Waals surface area (Å²) in [4.78, 5) is 4.19. The third kappa shape index (κ3) is 2.27. The minimum absolute atomic E-state index is 1.14. The Bertz CT molecular complexity index is 615. The summed E-state index contributed by atoms with van der Waals surface area (Å²) in [5, 5.41) is 0. The van der Waals surface area contributed by atoms with Crippen LogP contribution in [0.25, 0.3) is 22.3 Å². The molecule has 0 N–H and O–H groups in total. The van der Waals surface area contributed by atoms with Gasteiger partial charge in [-0.15, -0.1) is 0 Å². The molecule has 0 unspecified atom stereocenters. The number of benzene rings is 2. The lowest BCUT2D eigenvalue weighted by Gasteiger charge is -2.11. The molecule has 0 bridgehead atoms. The standard InChI is InChI=1S/C18H14N/c1-14-17(15-7-3-2-4-8-15)10-5-11-18(14)16-9-6-12-19-13-16/h2-9,11-13H,1H3. The van der Waals surface area contributed by atoms with E-state index in [1.54, 1.807) is 6.20 Å². The molecule has 0 aliphatic heterocycles. The van der Waals surface area contributed by atoms with Crippen LogP contribution in [0, 0.1) is 13.0 Å². The first-order valence-corrected chi connectivity index (χ1v) is 6.33. The number of hydrogen-bond donors (Lipinski definition) is 0. The average molecular weight is 244 g/mol. The Balaban J connectivity index is 2.15. The van der Waals surface area contributed by atoms with Crippen molar-refractivity contribution in [1.82, 2.24) is 4.98 Å². The third-order valence-electron chi connectivity index (χ3n) is 3.29. The van der Waals surface area contributed by atoms with E-state index in [0.717, 1.165) is 11.1 Å². The third-order valence-corrected chi connectivity index (χ3v) is 3.29. The lowest BCUT2D eigenvalue weighted by Crippen LogP contribution is -1.89. The topological polar surface area (TPSA) is 12.9 Å². The maximum atomic E-state index is 4.19. The summed E-state index contributed by atoms with van der Waals surface area (Å²) in [7, 11) is 0. The quantitative estimate of drug-likeness (QED) is 0.645. The van der Waals surface area contributed by atoms with Crippen LogP contribution < -0.4 is 0 Å². The van der Waals surface area contributed by atoms with Crippen molar-refractivity contribution in [2.75, 3.05) is 0 Å². The largest absolute Gasteiger partial charge is 0.264 e. The van der Waals surface area contributed by atoms with Gasteiger partial charge < -0.3 is 0 Å². The summed E-state index contributed by atoms with van der Waals surface area (Å²) in [5.41, 5.74) is 5.95. The summed E-state index contributed by atoms with van der Waals surface area (Å²) in [6.45, 7) is 2.14. The van der Waals surface area contributed by atoms with Gasteiger partial charge in [-0.05, 0) is 41.3 Å². The van der Waals surface area contributed by atoms with Crippen molar-refractivity contribution in [3.63, 3.8) is 0 Å². The molecule has 0 spiro atoms. The molecule has 0 aliphatic rings. The number of aromatic nitrogens is 1. The molecule has 0 atom stereocenters. The average Bonchev–Trinajstić information content (AvgIpc) is 2.49. The van der Waals surface area contributed by atoms with E-state index >= 15 is 0 Å². The van der Waals surface area contributed by atoms with Crippen molar-refractivity contribution < 1.29 is 0 Å². The Morgan fingerprint density at radius 3 is 2.42 bits per heavy atom. The van der Waals surface area contributed by atoms with Crippen molar-refractivity contribution in [2.45, 2.75) is 6.92 Å². The van der Waals surface area contributed by atoms with Crippen molar-refractivity contribution >= 4 is 0 Å². The van der Waals surface area contributed by atoms with Crippen molar-refractivity contribution in [3.05, 3.63) is 78.6 Å². The van der Waals surface area contributed by atoms with Gasteiger partial charge >= 0.3 is 0 Å². The zero-order chi connectivity index (χ0) is 13.1. The molecule has 1 heterocycles. The second kappa shape index (κ2) is 5.07. The highest BCUT2D eigenvalue weighted by molar-refractivity contribution is 5.77. The van der Waals surface area contributed by atoms with Gasteiger partial charge in [0.05, 0.1) is 0 Å². The van der Waals surface area contributed by atoms with E-state index in [1.165, 1.54) is 16.7 Å². The summed E-state index contributed by atoms with van der Waals surface area (Å²) in [6.07, 6.45) is 3.70. The van der Waals surface area contributed by atoms with E-state index in [4.69, 9.17) is 0 Å². The molecule has 1 heteroatoms. The van der Waals surface area contributed by atoms with Gasteiger partial charge in [0.1, 0.15) is 0 Å². The van der Waals surface area contributed by atoms with Crippen molar-refractivity contribution in [2.24, 2.45) is 0 Å². The van der Waals surface area contributed by atoms with Gasteiger partial charge in [-0.2, -0.15) is 0 Å². The van der Waals surface area contributed by atoms with E-state index in [0.29, 0.717) is 0 Å². The smallest absolute Gasteiger partial charge is 0.0346 e. The Labute approximate surface area is 113 Å². The molecule has 0 amide bonds. The maximum Gasteiger partial charge on any atom is 0.0346 e. The van der Waals surface area contributed by atoms with Crippen LogP contribution in [0.5, 0.6) is 0 Å². The van der Waals surface area contributed by atoms with E-state index in [-0.39, 0.29) is 0 Å². The molecule has 3 aromatic rings. The fourth-order valence-electron chi connectivity index (χ4n) is 2.32. The zero-order valence-electron chi connectivity index (χ0n) is 10.8. The minimum atomic E-state index is 1.14. The molecule has 1 radical (unpaired) electrons. The second-order valence-corrected chi connectivity index (χ2v) is 4.50. The van der Waals surface area contributed by atoms with Crippen LogP contribution >= 0.6 is 0 Å². The molecule has 1 aromatic heterocycles. The first-order chi connectivity index (χ1) is 9.36. The molecule has 1 nitrogen and oxygen atoms in total. The fraction of sp³-hybridized carbons (Fsp3) is 0.0556. The van der Waals surface area contributed by atoms with Crippen LogP contribution in [0.15, 0.2) is 67.0 Å². The van der Waals surface area contributed by atoms with Crippen molar-refractivity contribution in [1.29, 1.82) is 0 Å². The van der Waals surface area contributed by atoms with Crippen molar-refractivity contribution in [3.8, 4) is 22.3 Å². The van der Waals surface area contributed by atoms with Gasteiger partial charge in [0.25, 0.3) is 0 Å². The lowest BCUT2D eigenvalue weighted by atomic mass is 9.93. The highest BCUT2D eigenvalue weighted by Gasteiger charge is 2.07. The summed E-state index contributed by atoms with van der Waals surface area (Å²) in [6, 6.07) is 21.9. The Kier molecular flexibility index (Phi) is 3.11. The monoisotopic (exact) mass is 244 g/mol. The second-order valence-electron chi connectivity index (χ2n) is 4.50. The summed E-state index contributed by atoms with van der Waals surface area (Å²) < 4.78 is 0. The summed E-state index contributed by atoms with van der Waals surface area (Å²) >= 11 is 0. The van der Waals surface area contributed by atoms with Crippen LogP contribution in [0.3, 0.4) is 0 Å². The predicted molar refractivity (Wildman–Crippen MR) is 78.7 cm³/mol. The van der Waals surface area contributed by atoms with E-state index in [1.807, 2.05) is 24.4 Å². The van der Waals surface area contributed by atoms with Crippen LogP contribution in [0.1, 0.15) is 5.56 Å². The van der Waals surface area contributed by atoms with Gasteiger partial charge in [-0.1, -0.05) is 48.5 Å². The number of pyridine rings is 1. The van der Waals surface area contributed by atoms with Gasteiger partial charge in [0.2, 0.25) is 0 Å². The summed E-state index contributed by atoms with van der Waals surface area (Å²) in [5.74, 6) is 0. The van der Waals surface area contributed by atoms with E-state index in [9.17, 15) is 0 Å². The number of rotatable bonds is 2. The molecule has 3 rings (SSSR count). The molecular formula is C18H14N. The molecule has 91 valence electrons. The predicted octanol–water partition coefficient (Wildman–Crippen LogP) is 4.52. The molecule has 0 aliphatic carbocycles. The molecule has 0 fully saturated rings. The zero-order valence-corrected chi connectivity index (χ0v) is 10.8. The SMILES string of the molecule is Cc1c(-c2ccccc2)[c]ccc1-c1cccnc1. The van der Waals surface area contributed by atoms with Gasteiger partial charge in [0.15, 0.2) is 0 Å². The molecular weight excluding hydrogens is 230 g/mol. The van der Waals surface area contributed by atoms with Crippen LogP contribution in [0.4, 0.5) is 0 Å². The van der Waals surface area contributed by atoms with Gasteiger partial charge in [-0.3, -0.25) is 4.98 Å². The van der Waals surface area contributed by atoms with E-state index < -0.39 is 0 Å². The van der Waals surface area contributed by atoms with Gasteiger partial charge in [-0.25, -0.2) is 0 Å². The lowest BCUT2D eigenvalue weighted by molar-refractivity contribution is 1.32. The molecule has 0 saturated carbocycles. The fourth-order valence-corrected chi connectivity index (χ4v) is 2.32. The first-order valence-electron chi connectivity index (χ1n) is 6.33. The highest BCUT2D eigenvalue weighted by atomic mass is 14.6. The molecule has 2 aromatic carbocycles.